The van der Waals surface area contributed by atoms with Gasteiger partial charge in [0.25, 0.3) is 0 Å². The summed E-state index contributed by atoms with van der Waals surface area (Å²) < 4.78 is 0. The van der Waals surface area contributed by atoms with Gasteiger partial charge in [-0.25, -0.2) is 0 Å². The first-order valence-corrected chi connectivity index (χ1v) is 6.17. The molecule has 15 heavy (non-hydrogen) atoms. The van der Waals surface area contributed by atoms with Gasteiger partial charge in [0, 0.05) is 6.54 Å². The summed E-state index contributed by atoms with van der Waals surface area (Å²) in [6.07, 6.45) is 7.00. The molecule has 0 aromatic carbocycles. The first-order chi connectivity index (χ1) is 7.13. The van der Waals surface area contributed by atoms with E-state index in [1.54, 1.807) is 0 Å². The summed E-state index contributed by atoms with van der Waals surface area (Å²) in [5, 5.41) is 3.00. The maximum atomic E-state index is 11.6. The average molecular weight is 212 g/mol. The third kappa shape index (κ3) is 3.20. The molecular formula is C12H24N2O. The summed E-state index contributed by atoms with van der Waals surface area (Å²) in [4.78, 5) is 11.6. The van der Waals surface area contributed by atoms with Gasteiger partial charge in [-0.3, -0.25) is 4.79 Å². The molecule has 0 aromatic heterocycles. The first-order valence-electron chi connectivity index (χ1n) is 6.17. The van der Waals surface area contributed by atoms with Crippen molar-refractivity contribution in [2.45, 2.75) is 58.4 Å². The topological polar surface area (TPSA) is 55.1 Å². The Morgan fingerprint density at radius 2 is 2.00 bits per heavy atom. The van der Waals surface area contributed by atoms with E-state index in [-0.39, 0.29) is 11.9 Å². The van der Waals surface area contributed by atoms with Gasteiger partial charge in [0.05, 0.1) is 6.04 Å². The van der Waals surface area contributed by atoms with Crippen molar-refractivity contribution in [2.24, 2.45) is 11.1 Å². The molecule has 0 radical (unpaired) electrons. The molecule has 1 aliphatic rings. The Morgan fingerprint density at radius 3 is 2.47 bits per heavy atom. The lowest BCUT2D eigenvalue weighted by Gasteiger charge is -2.28. The van der Waals surface area contributed by atoms with Crippen LogP contribution in [0.25, 0.3) is 0 Å². The van der Waals surface area contributed by atoms with Crippen molar-refractivity contribution < 1.29 is 4.79 Å². The normalized spacial score (nSPS) is 21.3. The molecule has 1 saturated carbocycles. The van der Waals surface area contributed by atoms with E-state index in [2.05, 4.69) is 12.2 Å². The van der Waals surface area contributed by atoms with Gasteiger partial charge in [-0.15, -0.1) is 0 Å². The molecular weight excluding hydrogens is 188 g/mol. The molecule has 1 atom stereocenters. The maximum Gasteiger partial charge on any atom is 0.236 e. The average Bonchev–Trinajstić information content (AvgIpc) is 2.74. The summed E-state index contributed by atoms with van der Waals surface area (Å²) in [6, 6.07) is -0.333. The van der Waals surface area contributed by atoms with Gasteiger partial charge in [0.2, 0.25) is 5.91 Å². The summed E-state index contributed by atoms with van der Waals surface area (Å²) in [6.45, 7) is 4.97. The van der Waals surface area contributed by atoms with E-state index >= 15 is 0 Å². The number of nitrogens with two attached hydrogens (primary N) is 1. The third-order valence-electron chi connectivity index (χ3n) is 3.83. The van der Waals surface area contributed by atoms with Gasteiger partial charge in [0.1, 0.15) is 0 Å². The monoisotopic (exact) mass is 212 g/mol. The summed E-state index contributed by atoms with van der Waals surface area (Å²) in [5.41, 5.74) is 6.04. The Labute approximate surface area is 92.8 Å². The second kappa shape index (κ2) is 5.50. The number of carbonyl (C=O) groups is 1. The zero-order valence-electron chi connectivity index (χ0n) is 10.0. The molecule has 88 valence electrons. The summed E-state index contributed by atoms with van der Waals surface area (Å²) in [7, 11) is 0. The molecule has 1 rings (SSSR count). The van der Waals surface area contributed by atoms with Crippen LogP contribution in [0.2, 0.25) is 0 Å². The third-order valence-corrected chi connectivity index (χ3v) is 3.83. The van der Waals surface area contributed by atoms with Gasteiger partial charge in [0.15, 0.2) is 0 Å². The standard InChI is InChI=1S/C12H24N2O/c1-3-10(13)11(15)14-9-12(4-2)7-5-6-8-12/h10H,3-9,13H2,1-2H3,(H,14,15)/t10-/m0/s1. The number of hydrogen-bond acceptors (Lipinski definition) is 2. The Bertz CT molecular complexity index is 210. The molecule has 1 aliphatic carbocycles. The fraction of sp³-hybridized carbons (Fsp3) is 0.917. The predicted molar refractivity (Wildman–Crippen MR) is 62.5 cm³/mol. The molecule has 1 fully saturated rings. The lowest BCUT2D eigenvalue weighted by atomic mass is 9.83. The molecule has 0 unspecified atom stereocenters. The second-order valence-electron chi connectivity index (χ2n) is 4.79. The highest BCUT2D eigenvalue weighted by Gasteiger charge is 2.32. The van der Waals surface area contributed by atoms with Crippen LogP contribution in [0.4, 0.5) is 0 Å². The maximum absolute atomic E-state index is 11.6. The van der Waals surface area contributed by atoms with Crippen molar-refractivity contribution in [1.29, 1.82) is 0 Å². The van der Waals surface area contributed by atoms with E-state index in [1.165, 1.54) is 25.7 Å². The minimum atomic E-state index is -0.333. The minimum Gasteiger partial charge on any atom is -0.354 e. The van der Waals surface area contributed by atoms with Gasteiger partial charge in [-0.1, -0.05) is 26.7 Å². The molecule has 3 heteroatoms. The summed E-state index contributed by atoms with van der Waals surface area (Å²) in [5.74, 6) is 0.0113. The van der Waals surface area contributed by atoms with Crippen LogP contribution in [-0.4, -0.2) is 18.5 Å². The Balaban J connectivity index is 2.37. The van der Waals surface area contributed by atoms with Crippen LogP contribution in [0.15, 0.2) is 0 Å². The fourth-order valence-corrected chi connectivity index (χ4v) is 2.37. The molecule has 0 spiro atoms. The van der Waals surface area contributed by atoms with E-state index in [9.17, 15) is 4.79 Å². The minimum absolute atomic E-state index is 0.0113. The largest absolute Gasteiger partial charge is 0.354 e. The van der Waals surface area contributed by atoms with Crippen molar-refractivity contribution in [3.05, 3.63) is 0 Å². The first kappa shape index (κ1) is 12.5. The lowest BCUT2D eigenvalue weighted by Crippen LogP contribution is -2.44. The van der Waals surface area contributed by atoms with Gasteiger partial charge < -0.3 is 11.1 Å². The zero-order chi connectivity index (χ0) is 11.3. The number of rotatable bonds is 5. The number of nitrogens with one attached hydrogen (secondary N) is 1. The molecule has 0 heterocycles. The highest BCUT2D eigenvalue weighted by molar-refractivity contribution is 5.81. The predicted octanol–water partition coefficient (Wildman–Crippen LogP) is 1.81. The van der Waals surface area contributed by atoms with E-state index in [0.717, 1.165) is 13.0 Å². The van der Waals surface area contributed by atoms with Crippen molar-refractivity contribution in [1.82, 2.24) is 5.32 Å². The number of carbonyl (C=O) groups excluding carboxylic acids is 1. The molecule has 0 aromatic rings. The Kier molecular flexibility index (Phi) is 4.58. The smallest absolute Gasteiger partial charge is 0.236 e. The fourth-order valence-electron chi connectivity index (χ4n) is 2.37. The Morgan fingerprint density at radius 1 is 1.40 bits per heavy atom. The van der Waals surface area contributed by atoms with Crippen molar-refractivity contribution in [2.75, 3.05) is 6.54 Å². The molecule has 3 nitrogen and oxygen atoms in total. The van der Waals surface area contributed by atoms with E-state index in [1.807, 2.05) is 6.92 Å². The van der Waals surface area contributed by atoms with Crippen LogP contribution in [0.1, 0.15) is 52.4 Å². The van der Waals surface area contributed by atoms with Crippen LogP contribution in [-0.2, 0) is 4.79 Å². The summed E-state index contributed by atoms with van der Waals surface area (Å²) >= 11 is 0. The highest BCUT2D eigenvalue weighted by Crippen LogP contribution is 2.40. The van der Waals surface area contributed by atoms with Gasteiger partial charge >= 0.3 is 0 Å². The number of amides is 1. The zero-order valence-corrected chi connectivity index (χ0v) is 10.0. The van der Waals surface area contributed by atoms with E-state index < -0.39 is 0 Å². The van der Waals surface area contributed by atoms with Crippen molar-refractivity contribution in [3.63, 3.8) is 0 Å². The van der Waals surface area contributed by atoms with Crippen LogP contribution in [0, 0.1) is 5.41 Å². The van der Waals surface area contributed by atoms with Crippen LogP contribution in [0.3, 0.4) is 0 Å². The van der Waals surface area contributed by atoms with E-state index in [4.69, 9.17) is 5.73 Å². The van der Waals surface area contributed by atoms with Crippen LogP contribution < -0.4 is 11.1 Å². The lowest BCUT2D eigenvalue weighted by molar-refractivity contribution is -0.122. The van der Waals surface area contributed by atoms with Crippen molar-refractivity contribution in [3.8, 4) is 0 Å². The van der Waals surface area contributed by atoms with Gasteiger partial charge in [-0.2, -0.15) is 0 Å². The quantitative estimate of drug-likeness (QED) is 0.730. The van der Waals surface area contributed by atoms with Gasteiger partial charge in [-0.05, 0) is 31.1 Å². The molecule has 1 amide bonds. The molecule has 0 bridgehead atoms. The van der Waals surface area contributed by atoms with Crippen LogP contribution >= 0.6 is 0 Å². The molecule has 0 saturated heterocycles. The van der Waals surface area contributed by atoms with E-state index in [0.29, 0.717) is 11.8 Å². The molecule has 0 aliphatic heterocycles. The highest BCUT2D eigenvalue weighted by atomic mass is 16.2. The SMILES string of the molecule is CC[C@H](N)C(=O)NCC1(CC)CCCC1. The second-order valence-corrected chi connectivity index (χ2v) is 4.79. The molecule has 3 N–H and O–H groups in total. The Hall–Kier alpha value is -0.570. The van der Waals surface area contributed by atoms with Crippen molar-refractivity contribution >= 4 is 5.91 Å². The number of hydrogen-bond donors (Lipinski definition) is 2. The van der Waals surface area contributed by atoms with Crippen LogP contribution in [0.5, 0.6) is 0 Å².